The lowest BCUT2D eigenvalue weighted by Gasteiger charge is -2.37. The van der Waals surface area contributed by atoms with Gasteiger partial charge < -0.3 is 15.0 Å². The maximum Gasteiger partial charge on any atom is 0.410 e. The summed E-state index contributed by atoms with van der Waals surface area (Å²) in [5, 5.41) is 3.54. The van der Waals surface area contributed by atoms with E-state index in [9.17, 15) is 4.79 Å². The summed E-state index contributed by atoms with van der Waals surface area (Å²) in [5.74, 6) is 0. The zero-order valence-electron chi connectivity index (χ0n) is 13.3. The van der Waals surface area contributed by atoms with Crippen LogP contribution in [0.2, 0.25) is 0 Å². The van der Waals surface area contributed by atoms with Crippen LogP contribution in [0, 0.1) is 0 Å². The predicted molar refractivity (Wildman–Crippen MR) is 80.8 cm³/mol. The second-order valence-corrected chi connectivity index (χ2v) is 7.19. The largest absolute Gasteiger partial charge is 0.444 e. The van der Waals surface area contributed by atoms with E-state index in [4.69, 9.17) is 4.74 Å². The van der Waals surface area contributed by atoms with E-state index in [1.54, 1.807) is 0 Å². The molecule has 2 rings (SSSR count). The van der Waals surface area contributed by atoms with Gasteiger partial charge in [0.05, 0.1) is 0 Å². The smallest absolute Gasteiger partial charge is 0.410 e. The van der Waals surface area contributed by atoms with Gasteiger partial charge in [0.15, 0.2) is 0 Å². The van der Waals surface area contributed by atoms with Crippen molar-refractivity contribution in [1.29, 1.82) is 0 Å². The second-order valence-electron chi connectivity index (χ2n) is 7.19. The van der Waals surface area contributed by atoms with Gasteiger partial charge >= 0.3 is 6.09 Å². The first-order valence-corrected chi connectivity index (χ1v) is 8.19. The Balaban J connectivity index is 1.76. The molecule has 2 fully saturated rings. The van der Waals surface area contributed by atoms with Gasteiger partial charge in [-0.1, -0.05) is 0 Å². The molecule has 20 heavy (non-hydrogen) atoms. The molecule has 0 radical (unpaired) electrons. The lowest BCUT2D eigenvalue weighted by atomic mass is 9.98. The molecule has 2 aliphatic rings. The van der Waals surface area contributed by atoms with Crippen molar-refractivity contribution in [2.75, 3.05) is 13.1 Å². The number of rotatable bonds is 5. The van der Waals surface area contributed by atoms with E-state index in [1.807, 2.05) is 25.7 Å². The molecular formula is C16H30N2O2. The van der Waals surface area contributed by atoms with E-state index in [-0.39, 0.29) is 6.09 Å². The third-order valence-electron chi connectivity index (χ3n) is 3.98. The number of hydrogen-bond acceptors (Lipinski definition) is 3. The molecular weight excluding hydrogens is 252 g/mol. The Morgan fingerprint density at radius 2 is 2.00 bits per heavy atom. The molecule has 0 spiro atoms. The Labute approximate surface area is 123 Å². The lowest BCUT2D eigenvalue weighted by Crippen LogP contribution is -2.46. The van der Waals surface area contributed by atoms with Crippen LogP contribution >= 0.6 is 0 Å². The zero-order chi connectivity index (χ0) is 14.6. The molecule has 4 nitrogen and oxygen atoms in total. The highest BCUT2D eigenvalue weighted by Gasteiger charge is 2.30. The third kappa shape index (κ3) is 5.31. The number of likely N-dealkylation sites (tertiary alicyclic amines) is 1. The minimum Gasteiger partial charge on any atom is -0.444 e. The summed E-state index contributed by atoms with van der Waals surface area (Å²) < 4.78 is 5.53. The van der Waals surface area contributed by atoms with Crippen molar-refractivity contribution < 1.29 is 9.53 Å². The van der Waals surface area contributed by atoms with Gasteiger partial charge in [-0.3, -0.25) is 0 Å². The van der Waals surface area contributed by atoms with Crippen molar-refractivity contribution in [2.45, 2.75) is 83.4 Å². The fourth-order valence-electron chi connectivity index (χ4n) is 2.79. The number of piperidine rings is 1. The Morgan fingerprint density at radius 3 is 2.65 bits per heavy atom. The maximum absolute atomic E-state index is 12.3. The number of ether oxygens (including phenoxy) is 1. The van der Waals surface area contributed by atoms with Crippen LogP contribution < -0.4 is 5.32 Å². The zero-order valence-corrected chi connectivity index (χ0v) is 13.3. The Bertz CT molecular complexity index is 321. The summed E-state index contributed by atoms with van der Waals surface area (Å²) >= 11 is 0. The van der Waals surface area contributed by atoms with Crippen molar-refractivity contribution in [3.8, 4) is 0 Å². The molecule has 0 bridgehead atoms. The first-order valence-electron chi connectivity index (χ1n) is 8.19. The predicted octanol–water partition coefficient (Wildman–Crippen LogP) is 3.31. The van der Waals surface area contributed by atoms with Gasteiger partial charge in [0.1, 0.15) is 5.60 Å². The van der Waals surface area contributed by atoms with Gasteiger partial charge in [-0.05, 0) is 72.3 Å². The van der Waals surface area contributed by atoms with Gasteiger partial charge in [0.2, 0.25) is 0 Å². The Hall–Kier alpha value is -0.770. The molecule has 116 valence electrons. The molecule has 1 aliphatic heterocycles. The minimum atomic E-state index is -0.396. The number of nitrogens with one attached hydrogen (secondary N) is 1. The van der Waals surface area contributed by atoms with E-state index in [2.05, 4.69) is 5.32 Å². The molecule has 1 saturated heterocycles. The van der Waals surface area contributed by atoms with E-state index in [1.165, 1.54) is 19.3 Å². The van der Waals surface area contributed by atoms with E-state index >= 15 is 0 Å². The fraction of sp³-hybridized carbons (Fsp3) is 0.938. The summed E-state index contributed by atoms with van der Waals surface area (Å²) in [5.41, 5.74) is -0.396. The summed E-state index contributed by atoms with van der Waals surface area (Å²) in [6.07, 6.45) is 8.27. The van der Waals surface area contributed by atoms with Crippen molar-refractivity contribution in [1.82, 2.24) is 10.2 Å². The topological polar surface area (TPSA) is 41.6 Å². The molecule has 1 unspecified atom stereocenters. The number of hydrogen-bond donors (Lipinski definition) is 1. The highest BCUT2D eigenvalue weighted by atomic mass is 16.6. The average molecular weight is 282 g/mol. The van der Waals surface area contributed by atoms with Crippen LogP contribution in [0.4, 0.5) is 4.79 Å². The number of amides is 1. The van der Waals surface area contributed by atoms with Crippen LogP contribution in [0.5, 0.6) is 0 Å². The lowest BCUT2D eigenvalue weighted by molar-refractivity contribution is 0.00866. The van der Waals surface area contributed by atoms with Crippen molar-refractivity contribution in [3.05, 3.63) is 0 Å². The number of nitrogens with zero attached hydrogens (tertiary/aromatic N) is 1. The average Bonchev–Trinajstić information content (AvgIpc) is 3.17. The van der Waals surface area contributed by atoms with Crippen molar-refractivity contribution in [3.63, 3.8) is 0 Å². The first kappa shape index (κ1) is 15.6. The summed E-state index contributed by atoms with van der Waals surface area (Å²) in [4.78, 5) is 14.2. The fourth-order valence-corrected chi connectivity index (χ4v) is 2.79. The molecule has 1 aliphatic carbocycles. The maximum atomic E-state index is 12.3. The second kappa shape index (κ2) is 6.79. The normalized spacial score (nSPS) is 23.8. The molecule has 0 aromatic heterocycles. The number of carbonyl (C=O) groups excluding carboxylic acids is 1. The molecule has 1 N–H and O–H groups in total. The summed E-state index contributed by atoms with van der Waals surface area (Å²) in [6.45, 7) is 7.75. The van der Waals surface area contributed by atoms with Gasteiger partial charge in [0, 0.05) is 18.6 Å². The van der Waals surface area contributed by atoms with Crippen LogP contribution in [0.25, 0.3) is 0 Å². The first-order chi connectivity index (χ1) is 9.46. The third-order valence-corrected chi connectivity index (χ3v) is 3.98. The monoisotopic (exact) mass is 282 g/mol. The molecule has 1 saturated carbocycles. The van der Waals surface area contributed by atoms with E-state index in [0.29, 0.717) is 6.04 Å². The van der Waals surface area contributed by atoms with Crippen molar-refractivity contribution in [2.24, 2.45) is 0 Å². The van der Waals surface area contributed by atoms with Gasteiger partial charge in [-0.2, -0.15) is 0 Å². The van der Waals surface area contributed by atoms with Crippen LogP contribution in [0.1, 0.15) is 65.7 Å². The van der Waals surface area contributed by atoms with Crippen LogP contribution in [0.15, 0.2) is 0 Å². The molecule has 1 atom stereocenters. The molecule has 4 heteroatoms. The van der Waals surface area contributed by atoms with Crippen LogP contribution in [0.3, 0.4) is 0 Å². The Morgan fingerprint density at radius 1 is 1.25 bits per heavy atom. The highest BCUT2D eigenvalue weighted by Crippen LogP contribution is 2.24. The molecule has 1 amide bonds. The van der Waals surface area contributed by atoms with Crippen LogP contribution in [-0.2, 0) is 4.74 Å². The quantitative estimate of drug-likeness (QED) is 0.787. The SMILES string of the molecule is CC(C)(C)OC(=O)N1CCCCC1CCCNC1CC1. The van der Waals surface area contributed by atoms with Crippen LogP contribution in [-0.4, -0.2) is 41.8 Å². The van der Waals surface area contributed by atoms with Gasteiger partial charge in [-0.25, -0.2) is 4.79 Å². The van der Waals surface area contributed by atoms with E-state index < -0.39 is 5.60 Å². The highest BCUT2D eigenvalue weighted by molar-refractivity contribution is 5.68. The number of carbonyl (C=O) groups is 1. The molecule has 0 aromatic rings. The minimum absolute atomic E-state index is 0.127. The standard InChI is InChI=1S/C16H30N2O2/c1-16(2,3)20-15(19)18-12-5-4-7-14(18)8-6-11-17-13-9-10-13/h13-14,17H,4-12H2,1-3H3. The Kier molecular flexibility index (Phi) is 5.30. The summed E-state index contributed by atoms with van der Waals surface area (Å²) in [6, 6.07) is 1.16. The van der Waals surface area contributed by atoms with Crippen molar-refractivity contribution >= 4 is 6.09 Å². The van der Waals surface area contributed by atoms with E-state index in [0.717, 1.165) is 44.8 Å². The molecule has 1 heterocycles. The summed E-state index contributed by atoms with van der Waals surface area (Å²) in [7, 11) is 0. The molecule has 0 aromatic carbocycles. The van der Waals surface area contributed by atoms with Gasteiger partial charge in [0.25, 0.3) is 0 Å². The van der Waals surface area contributed by atoms with Gasteiger partial charge in [-0.15, -0.1) is 0 Å².